The SMILES string of the molecule is O=C(CCN1C(=S)NC(c2ccccn2)C1c1ccc(-c2ccccc2C(=O)O)o1)Nc1ccc(F)cc1. The number of aromatic carboxylic acids is 1. The highest BCUT2D eigenvalue weighted by Gasteiger charge is 2.41. The number of carbonyl (C=O) groups excluding carboxylic acids is 1. The topological polar surface area (TPSA) is 108 Å². The molecule has 0 bridgehead atoms. The Labute approximate surface area is 223 Å². The molecular weight excluding hydrogens is 507 g/mol. The zero-order chi connectivity index (χ0) is 26.6. The van der Waals surface area contributed by atoms with Crippen LogP contribution < -0.4 is 10.6 Å². The van der Waals surface area contributed by atoms with Crippen molar-refractivity contribution in [1.29, 1.82) is 0 Å². The molecule has 1 fully saturated rings. The number of furan rings is 1. The van der Waals surface area contributed by atoms with Crippen molar-refractivity contribution in [2.45, 2.75) is 18.5 Å². The second-order valence-corrected chi connectivity index (χ2v) is 9.06. The number of carboxylic acid groups (broad SMARTS) is 1. The van der Waals surface area contributed by atoms with Gasteiger partial charge in [-0.3, -0.25) is 9.78 Å². The molecule has 0 saturated carbocycles. The maximum Gasteiger partial charge on any atom is 0.336 e. The van der Waals surface area contributed by atoms with Crippen molar-refractivity contribution < 1.29 is 23.5 Å². The van der Waals surface area contributed by atoms with Crippen LogP contribution in [0.1, 0.15) is 40.3 Å². The Bertz CT molecular complexity index is 1480. The molecule has 5 rings (SSSR count). The summed E-state index contributed by atoms with van der Waals surface area (Å²) in [6.07, 6.45) is 1.80. The van der Waals surface area contributed by atoms with Crippen molar-refractivity contribution in [2.24, 2.45) is 0 Å². The predicted octanol–water partition coefficient (Wildman–Crippen LogP) is 5.18. The summed E-state index contributed by atoms with van der Waals surface area (Å²) < 4.78 is 19.4. The van der Waals surface area contributed by atoms with Crippen LogP contribution in [0.5, 0.6) is 0 Å². The minimum Gasteiger partial charge on any atom is -0.478 e. The molecule has 192 valence electrons. The van der Waals surface area contributed by atoms with E-state index in [1.54, 1.807) is 36.5 Å². The maximum atomic E-state index is 13.2. The Morgan fingerprint density at radius 2 is 1.82 bits per heavy atom. The van der Waals surface area contributed by atoms with Gasteiger partial charge in [-0.2, -0.15) is 0 Å². The molecule has 0 radical (unpaired) electrons. The van der Waals surface area contributed by atoms with E-state index in [0.717, 1.165) is 5.69 Å². The van der Waals surface area contributed by atoms with Crippen molar-refractivity contribution in [1.82, 2.24) is 15.2 Å². The summed E-state index contributed by atoms with van der Waals surface area (Å²) in [5.41, 5.74) is 1.82. The third-order valence-corrected chi connectivity index (χ3v) is 6.60. The van der Waals surface area contributed by atoms with Gasteiger partial charge in [0.25, 0.3) is 0 Å². The van der Waals surface area contributed by atoms with E-state index in [2.05, 4.69) is 15.6 Å². The van der Waals surface area contributed by atoms with Gasteiger partial charge in [0.15, 0.2) is 5.11 Å². The van der Waals surface area contributed by atoms with Gasteiger partial charge in [-0.05, 0) is 66.8 Å². The monoisotopic (exact) mass is 530 g/mol. The van der Waals surface area contributed by atoms with Gasteiger partial charge in [0.05, 0.1) is 17.3 Å². The Hall–Kier alpha value is -4.57. The molecule has 2 atom stereocenters. The van der Waals surface area contributed by atoms with Gasteiger partial charge in [0.2, 0.25) is 5.91 Å². The van der Waals surface area contributed by atoms with Crippen LogP contribution in [0.2, 0.25) is 0 Å². The number of thiocarbonyl (C=S) groups is 1. The lowest BCUT2D eigenvalue weighted by molar-refractivity contribution is -0.116. The zero-order valence-corrected chi connectivity index (χ0v) is 20.8. The third kappa shape index (κ3) is 5.25. The molecule has 1 aliphatic rings. The number of pyridine rings is 1. The van der Waals surface area contributed by atoms with E-state index in [4.69, 9.17) is 16.6 Å². The lowest BCUT2D eigenvalue weighted by Crippen LogP contribution is -2.32. The Morgan fingerprint density at radius 1 is 1.05 bits per heavy atom. The van der Waals surface area contributed by atoms with Crippen molar-refractivity contribution in [3.8, 4) is 11.3 Å². The van der Waals surface area contributed by atoms with Crippen molar-refractivity contribution in [3.63, 3.8) is 0 Å². The number of nitrogens with one attached hydrogen (secondary N) is 2. The number of rotatable bonds is 8. The highest BCUT2D eigenvalue weighted by Crippen LogP contribution is 2.40. The van der Waals surface area contributed by atoms with Gasteiger partial charge in [0.1, 0.15) is 23.4 Å². The van der Waals surface area contributed by atoms with Gasteiger partial charge in [0, 0.05) is 30.4 Å². The molecule has 10 heteroatoms. The van der Waals surface area contributed by atoms with E-state index >= 15 is 0 Å². The standard InChI is InChI=1S/C28H23FN4O4S/c29-17-8-10-18(11-9-17)31-24(34)14-16-33-26(25(32-28(33)38)21-7-3-4-15-30-21)23-13-12-22(37-23)19-5-1-2-6-20(19)27(35)36/h1-13,15,25-26H,14,16H2,(H,31,34)(H,32,38)(H,35,36). The van der Waals surface area contributed by atoms with Crippen LogP contribution in [-0.2, 0) is 4.79 Å². The van der Waals surface area contributed by atoms with Crippen LogP contribution in [0.3, 0.4) is 0 Å². The molecule has 3 N–H and O–H groups in total. The number of carboxylic acids is 1. The number of hydrogen-bond acceptors (Lipinski definition) is 5. The van der Waals surface area contributed by atoms with Crippen LogP contribution in [0.4, 0.5) is 10.1 Å². The van der Waals surface area contributed by atoms with E-state index in [0.29, 0.717) is 27.9 Å². The van der Waals surface area contributed by atoms with Crippen LogP contribution in [0.25, 0.3) is 11.3 Å². The molecule has 2 unspecified atom stereocenters. The van der Waals surface area contributed by atoms with Crippen LogP contribution >= 0.6 is 12.2 Å². The van der Waals surface area contributed by atoms with E-state index < -0.39 is 12.0 Å². The summed E-state index contributed by atoms with van der Waals surface area (Å²) in [5, 5.41) is 16.1. The molecule has 2 aromatic heterocycles. The lowest BCUT2D eigenvalue weighted by atomic mass is 10.0. The quantitative estimate of drug-likeness (QED) is 0.268. The average Bonchev–Trinajstić information content (AvgIpc) is 3.53. The number of amides is 1. The minimum atomic E-state index is -1.05. The fraction of sp³-hybridized carbons (Fsp3) is 0.143. The van der Waals surface area contributed by atoms with Crippen LogP contribution in [0, 0.1) is 5.82 Å². The molecule has 1 amide bonds. The summed E-state index contributed by atoms with van der Waals surface area (Å²) >= 11 is 5.64. The second kappa shape index (κ2) is 10.8. The first kappa shape index (κ1) is 25.1. The normalized spacial score (nSPS) is 16.8. The fourth-order valence-electron chi connectivity index (χ4n) is 4.47. The largest absolute Gasteiger partial charge is 0.478 e. The smallest absolute Gasteiger partial charge is 0.336 e. The second-order valence-electron chi connectivity index (χ2n) is 8.68. The van der Waals surface area contributed by atoms with E-state index in [1.807, 2.05) is 23.1 Å². The van der Waals surface area contributed by atoms with E-state index in [-0.39, 0.29) is 36.3 Å². The molecule has 8 nitrogen and oxygen atoms in total. The van der Waals surface area contributed by atoms with E-state index in [9.17, 15) is 19.1 Å². The molecule has 4 aromatic rings. The number of halogens is 1. The first-order valence-corrected chi connectivity index (χ1v) is 12.3. The molecule has 3 heterocycles. The molecule has 1 aliphatic heterocycles. The summed E-state index contributed by atoms with van der Waals surface area (Å²) in [6, 6.07) is 20.4. The fourth-order valence-corrected chi connectivity index (χ4v) is 4.81. The Kier molecular flexibility index (Phi) is 7.14. The van der Waals surface area contributed by atoms with Crippen molar-refractivity contribution in [3.05, 3.63) is 108 Å². The molecule has 0 spiro atoms. The van der Waals surface area contributed by atoms with Gasteiger partial charge in [-0.25, -0.2) is 9.18 Å². The number of carbonyl (C=O) groups is 2. The molecule has 1 saturated heterocycles. The average molecular weight is 531 g/mol. The maximum absolute atomic E-state index is 13.2. The van der Waals surface area contributed by atoms with Gasteiger partial charge >= 0.3 is 5.97 Å². The van der Waals surface area contributed by atoms with E-state index in [1.165, 1.54) is 30.3 Å². The highest BCUT2D eigenvalue weighted by molar-refractivity contribution is 7.80. The molecular formula is C28H23FN4O4S. The number of benzene rings is 2. The van der Waals surface area contributed by atoms with Gasteiger partial charge < -0.3 is 25.1 Å². The lowest BCUT2D eigenvalue weighted by Gasteiger charge is -2.25. The number of anilines is 1. The minimum absolute atomic E-state index is 0.111. The number of nitrogens with zero attached hydrogens (tertiary/aromatic N) is 2. The van der Waals surface area contributed by atoms with Crippen molar-refractivity contribution >= 4 is 34.9 Å². The summed E-state index contributed by atoms with van der Waals surface area (Å²) in [5.74, 6) is -0.743. The first-order chi connectivity index (χ1) is 18.4. The van der Waals surface area contributed by atoms with Crippen LogP contribution in [-0.4, -0.2) is 38.5 Å². The summed E-state index contributed by atoms with van der Waals surface area (Å²) in [6.45, 7) is 0.272. The van der Waals surface area contributed by atoms with Crippen LogP contribution in [0.15, 0.2) is 89.5 Å². The molecule has 38 heavy (non-hydrogen) atoms. The van der Waals surface area contributed by atoms with Gasteiger partial charge in [-0.15, -0.1) is 0 Å². The highest BCUT2D eigenvalue weighted by atomic mass is 32.1. The molecule has 0 aliphatic carbocycles. The zero-order valence-electron chi connectivity index (χ0n) is 20.0. The number of aromatic nitrogens is 1. The van der Waals surface area contributed by atoms with Crippen molar-refractivity contribution in [2.75, 3.05) is 11.9 Å². The predicted molar refractivity (Wildman–Crippen MR) is 143 cm³/mol. The first-order valence-electron chi connectivity index (χ1n) is 11.9. The number of hydrogen-bond donors (Lipinski definition) is 3. The Morgan fingerprint density at radius 3 is 2.55 bits per heavy atom. The van der Waals surface area contributed by atoms with Gasteiger partial charge in [-0.1, -0.05) is 24.3 Å². The third-order valence-electron chi connectivity index (χ3n) is 6.25. The summed E-state index contributed by atoms with van der Waals surface area (Å²) in [4.78, 5) is 30.8. The summed E-state index contributed by atoms with van der Waals surface area (Å²) in [7, 11) is 0. The Balaban J connectivity index is 1.42. The molecule has 2 aromatic carbocycles.